The van der Waals surface area contributed by atoms with Gasteiger partial charge in [-0.2, -0.15) is 0 Å². The normalized spacial score (nSPS) is 10.9. The van der Waals surface area contributed by atoms with Gasteiger partial charge in [0.15, 0.2) is 5.82 Å². The summed E-state index contributed by atoms with van der Waals surface area (Å²) in [5, 5.41) is 0. The summed E-state index contributed by atoms with van der Waals surface area (Å²) >= 11 is 0. The molecule has 1 rings (SSSR count). The lowest BCUT2D eigenvalue weighted by Gasteiger charge is -2.24. The molecule has 6 heteroatoms. The van der Waals surface area contributed by atoms with Crippen molar-refractivity contribution in [2.75, 3.05) is 39.5 Å². The van der Waals surface area contributed by atoms with E-state index in [9.17, 15) is 13.6 Å². The summed E-state index contributed by atoms with van der Waals surface area (Å²) in [6.07, 6.45) is 0.713. The van der Waals surface area contributed by atoms with Gasteiger partial charge >= 0.3 is 0 Å². The third kappa shape index (κ3) is 3.90. The lowest BCUT2D eigenvalue weighted by Crippen LogP contribution is -2.38. The van der Waals surface area contributed by atoms with E-state index in [0.717, 1.165) is 12.1 Å². The summed E-state index contributed by atoms with van der Waals surface area (Å²) in [6, 6.07) is 2.13. The van der Waals surface area contributed by atoms with E-state index >= 15 is 0 Å². The summed E-state index contributed by atoms with van der Waals surface area (Å²) < 4.78 is 27.6. The summed E-state index contributed by atoms with van der Waals surface area (Å²) in [5.41, 5.74) is 4.61. The Morgan fingerprint density at radius 2 is 1.85 bits per heavy atom. The number of likely N-dealkylation sites (N-methyl/N-ethyl adjacent to an activating group) is 1. The number of carbonyl (C=O) groups excluding carboxylic acids is 1. The molecule has 1 aromatic rings. The zero-order chi connectivity index (χ0) is 15.3. The highest BCUT2D eigenvalue weighted by molar-refractivity contribution is 5.95. The van der Waals surface area contributed by atoms with Gasteiger partial charge in [0.25, 0.3) is 5.91 Å². The standard InChI is InChI=1S/C14H21F2N3O/c1-4-7-19(9-8-18(2)3)14(20)12-10(15)5-6-11(17)13(12)16/h5-6H,4,7-9,17H2,1-3H3. The van der Waals surface area contributed by atoms with Crippen LogP contribution < -0.4 is 5.73 Å². The fourth-order valence-electron chi connectivity index (χ4n) is 1.83. The molecule has 0 aliphatic heterocycles. The number of rotatable bonds is 6. The number of nitrogen functional groups attached to an aromatic ring is 1. The van der Waals surface area contributed by atoms with Crippen LogP contribution in [-0.2, 0) is 0 Å². The lowest BCUT2D eigenvalue weighted by molar-refractivity contribution is 0.0735. The average Bonchev–Trinajstić information content (AvgIpc) is 2.39. The predicted molar refractivity (Wildman–Crippen MR) is 75.5 cm³/mol. The van der Waals surface area contributed by atoms with Crippen LogP contribution in [0.2, 0.25) is 0 Å². The Balaban J connectivity index is 3.03. The molecule has 4 nitrogen and oxygen atoms in total. The van der Waals surface area contributed by atoms with Gasteiger partial charge in [0.2, 0.25) is 0 Å². The Bertz CT molecular complexity index is 478. The van der Waals surface area contributed by atoms with Gasteiger partial charge in [0.05, 0.1) is 5.69 Å². The van der Waals surface area contributed by atoms with Crippen molar-refractivity contribution in [3.05, 3.63) is 29.3 Å². The molecule has 0 heterocycles. The molecule has 0 unspecified atom stereocenters. The molecule has 0 bridgehead atoms. The zero-order valence-corrected chi connectivity index (χ0v) is 12.1. The van der Waals surface area contributed by atoms with Crippen molar-refractivity contribution in [1.82, 2.24) is 9.80 Å². The number of nitrogens with zero attached hydrogens (tertiary/aromatic N) is 2. The minimum atomic E-state index is -0.985. The highest BCUT2D eigenvalue weighted by Crippen LogP contribution is 2.20. The maximum atomic E-state index is 13.9. The average molecular weight is 285 g/mol. The van der Waals surface area contributed by atoms with Crippen molar-refractivity contribution in [3.63, 3.8) is 0 Å². The molecule has 0 saturated carbocycles. The highest BCUT2D eigenvalue weighted by Gasteiger charge is 2.24. The SMILES string of the molecule is CCCN(CCN(C)C)C(=O)c1c(F)ccc(N)c1F. The van der Waals surface area contributed by atoms with Crippen LogP contribution in [0.15, 0.2) is 12.1 Å². The summed E-state index contributed by atoms with van der Waals surface area (Å²) in [4.78, 5) is 15.7. The Morgan fingerprint density at radius 3 is 2.40 bits per heavy atom. The van der Waals surface area contributed by atoms with E-state index in [4.69, 9.17) is 5.73 Å². The maximum Gasteiger partial charge on any atom is 0.259 e. The lowest BCUT2D eigenvalue weighted by atomic mass is 10.1. The number of benzene rings is 1. The van der Waals surface area contributed by atoms with Crippen LogP contribution in [0.25, 0.3) is 0 Å². The van der Waals surface area contributed by atoms with E-state index in [1.165, 1.54) is 4.90 Å². The number of hydrogen-bond donors (Lipinski definition) is 1. The molecule has 0 aromatic heterocycles. The van der Waals surface area contributed by atoms with E-state index in [1.54, 1.807) is 0 Å². The number of nitrogens with two attached hydrogens (primary N) is 1. The number of anilines is 1. The van der Waals surface area contributed by atoms with Gasteiger partial charge in [-0.15, -0.1) is 0 Å². The fraction of sp³-hybridized carbons (Fsp3) is 0.500. The molecule has 20 heavy (non-hydrogen) atoms. The fourth-order valence-corrected chi connectivity index (χ4v) is 1.83. The van der Waals surface area contributed by atoms with Crippen molar-refractivity contribution >= 4 is 11.6 Å². The van der Waals surface area contributed by atoms with Crippen molar-refractivity contribution in [1.29, 1.82) is 0 Å². The molecule has 0 spiro atoms. The van der Waals surface area contributed by atoms with Gasteiger partial charge in [0, 0.05) is 19.6 Å². The van der Waals surface area contributed by atoms with Gasteiger partial charge in [-0.1, -0.05) is 6.92 Å². The number of amides is 1. The predicted octanol–water partition coefficient (Wildman–Crippen LogP) is 1.96. The van der Waals surface area contributed by atoms with Gasteiger partial charge in [0.1, 0.15) is 11.4 Å². The van der Waals surface area contributed by atoms with E-state index in [2.05, 4.69) is 0 Å². The van der Waals surface area contributed by atoms with Crippen molar-refractivity contribution in [2.24, 2.45) is 0 Å². The topological polar surface area (TPSA) is 49.6 Å². The Morgan fingerprint density at radius 1 is 1.20 bits per heavy atom. The molecule has 0 fully saturated rings. The Labute approximate surface area is 118 Å². The minimum Gasteiger partial charge on any atom is -0.396 e. The van der Waals surface area contributed by atoms with Gasteiger partial charge in [-0.3, -0.25) is 4.79 Å². The third-order valence-electron chi connectivity index (χ3n) is 2.93. The Hall–Kier alpha value is -1.69. The van der Waals surface area contributed by atoms with Crippen LogP contribution in [-0.4, -0.2) is 49.4 Å². The molecule has 112 valence electrons. The monoisotopic (exact) mass is 285 g/mol. The molecule has 0 radical (unpaired) electrons. The third-order valence-corrected chi connectivity index (χ3v) is 2.93. The smallest absolute Gasteiger partial charge is 0.259 e. The van der Waals surface area contributed by atoms with Gasteiger partial charge in [-0.25, -0.2) is 8.78 Å². The molecule has 0 saturated heterocycles. The highest BCUT2D eigenvalue weighted by atomic mass is 19.1. The van der Waals surface area contributed by atoms with Crippen LogP contribution in [0.5, 0.6) is 0 Å². The molecular formula is C14H21F2N3O. The molecule has 1 amide bonds. The molecule has 0 aliphatic rings. The Kier molecular flexibility index (Phi) is 5.88. The van der Waals surface area contributed by atoms with Crippen molar-refractivity contribution < 1.29 is 13.6 Å². The summed E-state index contributed by atoms with van der Waals surface area (Å²) in [5.74, 6) is -2.52. The first-order valence-corrected chi connectivity index (χ1v) is 6.56. The van der Waals surface area contributed by atoms with Crippen LogP contribution in [0.4, 0.5) is 14.5 Å². The quantitative estimate of drug-likeness (QED) is 0.813. The largest absolute Gasteiger partial charge is 0.396 e. The summed E-state index contributed by atoms with van der Waals surface area (Å²) in [7, 11) is 3.74. The maximum absolute atomic E-state index is 13.9. The number of hydrogen-bond acceptors (Lipinski definition) is 3. The first-order chi connectivity index (χ1) is 9.38. The van der Waals surface area contributed by atoms with Crippen LogP contribution in [0, 0.1) is 11.6 Å². The van der Waals surface area contributed by atoms with Crippen molar-refractivity contribution in [3.8, 4) is 0 Å². The van der Waals surface area contributed by atoms with Crippen LogP contribution in [0.3, 0.4) is 0 Å². The van der Waals surface area contributed by atoms with Gasteiger partial charge in [-0.05, 0) is 32.6 Å². The first-order valence-electron chi connectivity index (χ1n) is 6.56. The second-order valence-corrected chi connectivity index (χ2v) is 4.92. The van der Waals surface area contributed by atoms with E-state index < -0.39 is 23.1 Å². The van der Waals surface area contributed by atoms with E-state index in [-0.39, 0.29) is 5.69 Å². The molecule has 1 aromatic carbocycles. The van der Waals surface area contributed by atoms with Crippen molar-refractivity contribution in [2.45, 2.75) is 13.3 Å². The molecular weight excluding hydrogens is 264 g/mol. The number of carbonyl (C=O) groups is 1. The first kappa shape index (κ1) is 16.4. The van der Waals surface area contributed by atoms with Crippen LogP contribution >= 0.6 is 0 Å². The molecule has 2 N–H and O–H groups in total. The molecule has 0 aliphatic carbocycles. The zero-order valence-electron chi connectivity index (χ0n) is 12.1. The van der Waals surface area contributed by atoms with E-state index in [1.807, 2.05) is 25.9 Å². The number of halogens is 2. The second kappa shape index (κ2) is 7.19. The summed E-state index contributed by atoms with van der Waals surface area (Å²) in [6.45, 7) is 3.38. The van der Waals surface area contributed by atoms with E-state index in [0.29, 0.717) is 26.1 Å². The van der Waals surface area contributed by atoms with Crippen LogP contribution in [0.1, 0.15) is 23.7 Å². The molecule has 0 atom stereocenters. The van der Waals surface area contributed by atoms with Gasteiger partial charge < -0.3 is 15.5 Å². The minimum absolute atomic E-state index is 0.223. The second-order valence-electron chi connectivity index (χ2n) is 4.92.